The molecule has 0 amide bonds. The average Bonchev–Trinajstić information content (AvgIpc) is 2.83. The lowest BCUT2D eigenvalue weighted by Crippen LogP contribution is -2.57. The number of hydrogen-bond acceptors (Lipinski definition) is 3. The van der Waals surface area contributed by atoms with Crippen LogP contribution in [-0.4, -0.2) is 30.0 Å². The van der Waals surface area contributed by atoms with E-state index in [4.69, 9.17) is 4.74 Å². The molecule has 1 aliphatic carbocycles. The molecule has 3 unspecified atom stereocenters. The van der Waals surface area contributed by atoms with Crippen molar-refractivity contribution >= 4 is 5.69 Å². The highest BCUT2D eigenvalue weighted by atomic mass is 16.5. The minimum atomic E-state index is -0.730. The van der Waals surface area contributed by atoms with Crippen LogP contribution >= 0.6 is 0 Å². The van der Waals surface area contributed by atoms with Gasteiger partial charge in [-0.05, 0) is 30.9 Å². The third kappa shape index (κ3) is 1.82. The van der Waals surface area contributed by atoms with Crippen LogP contribution in [0.5, 0.6) is 0 Å². The fraction of sp³-hybridized carbons (Fsp3) is 0.600. The van der Waals surface area contributed by atoms with Gasteiger partial charge in [-0.25, -0.2) is 0 Å². The predicted molar refractivity (Wildman–Crippen MR) is 71.8 cm³/mol. The number of nitrogens with one attached hydrogen (secondary N) is 1. The molecule has 1 fully saturated rings. The molecule has 0 bridgehead atoms. The van der Waals surface area contributed by atoms with E-state index in [1.807, 2.05) is 6.07 Å². The Morgan fingerprint density at radius 2 is 2.17 bits per heavy atom. The first-order valence-electron chi connectivity index (χ1n) is 6.83. The lowest BCUT2D eigenvalue weighted by molar-refractivity contribution is -0.125. The molecule has 3 nitrogen and oxygen atoms in total. The molecule has 0 radical (unpaired) electrons. The average molecular weight is 247 g/mol. The second kappa shape index (κ2) is 4.56. The minimum absolute atomic E-state index is 0.0435. The SMILES string of the molecule is COC1CCCCC1(O)C1Cc2ccccc2N1. The lowest BCUT2D eigenvalue weighted by Gasteiger charge is -2.43. The molecule has 1 aromatic rings. The summed E-state index contributed by atoms with van der Waals surface area (Å²) in [7, 11) is 1.71. The molecule has 1 saturated carbocycles. The summed E-state index contributed by atoms with van der Waals surface area (Å²) in [5.41, 5.74) is 1.74. The molecule has 2 N–H and O–H groups in total. The number of aliphatic hydroxyl groups is 1. The van der Waals surface area contributed by atoms with Crippen molar-refractivity contribution in [2.75, 3.05) is 12.4 Å². The molecule has 3 atom stereocenters. The van der Waals surface area contributed by atoms with Crippen LogP contribution in [0.2, 0.25) is 0 Å². The molecular weight excluding hydrogens is 226 g/mol. The maximum atomic E-state index is 11.0. The van der Waals surface area contributed by atoms with Crippen molar-refractivity contribution in [2.24, 2.45) is 0 Å². The van der Waals surface area contributed by atoms with Crippen LogP contribution in [0, 0.1) is 0 Å². The van der Waals surface area contributed by atoms with Crippen LogP contribution in [0.3, 0.4) is 0 Å². The molecule has 1 aromatic carbocycles. The lowest BCUT2D eigenvalue weighted by atomic mass is 9.76. The van der Waals surface area contributed by atoms with Gasteiger partial charge in [0.1, 0.15) is 5.60 Å². The maximum Gasteiger partial charge on any atom is 0.111 e. The Morgan fingerprint density at radius 3 is 2.94 bits per heavy atom. The normalized spacial score (nSPS) is 35.0. The largest absolute Gasteiger partial charge is 0.385 e. The first-order valence-corrected chi connectivity index (χ1v) is 6.83. The van der Waals surface area contributed by atoms with Gasteiger partial charge in [-0.2, -0.15) is 0 Å². The second-order valence-corrected chi connectivity index (χ2v) is 5.52. The Labute approximate surface area is 108 Å². The van der Waals surface area contributed by atoms with Crippen molar-refractivity contribution in [1.82, 2.24) is 0 Å². The zero-order chi connectivity index (χ0) is 12.6. The fourth-order valence-electron chi connectivity index (χ4n) is 3.47. The van der Waals surface area contributed by atoms with Crippen LogP contribution in [0.4, 0.5) is 5.69 Å². The van der Waals surface area contributed by atoms with E-state index in [1.54, 1.807) is 7.11 Å². The molecule has 0 spiro atoms. The fourth-order valence-corrected chi connectivity index (χ4v) is 3.47. The molecular formula is C15H21NO2. The third-order valence-electron chi connectivity index (χ3n) is 4.51. The van der Waals surface area contributed by atoms with Crippen LogP contribution in [0.1, 0.15) is 31.2 Å². The Balaban J connectivity index is 1.83. The molecule has 0 aromatic heterocycles. The van der Waals surface area contributed by atoms with Crippen LogP contribution in [0.25, 0.3) is 0 Å². The van der Waals surface area contributed by atoms with Crippen molar-refractivity contribution in [2.45, 2.75) is 49.9 Å². The number of hydrogen-bond donors (Lipinski definition) is 2. The van der Waals surface area contributed by atoms with E-state index < -0.39 is 5.60 Å². The highest BCUT2D eigenvalue weighted by Gasteiger charge is 2.47. The van der Waals surface area contributed by atoms with Gasteiger partial charge >= 0.3 is 0 Å². The summed E-state index contributed by atoms with van der Waals surface area (Å²) in [6.07, 6.45) is 4.88. The standard InChI is InChI=1S/C15H21NO2/c1-18-14-8-4-5-9-15(14,17)13-10-11-6-2-3-7-12(11)16-13/h2-3,6-7,13-14,16-17H,4-5,8-10H2,1H3. The van der Waals surface area contributed by atoms with Crippen molar-refractivity contribution in [3.05, 3.63) is 29.8 Å². The van der Waals surface area contributed by atoms with Crippen LogP contribution in [-0.2, 0) is 11.2 Å². The maximum absolute atomic E-state index is 11.0. The highest BCUT2D eigenvalue weighted by Crippen LogP contribution is 2.39. The Bertz CT molecular complexity index is 409. The Kier molecular flexibility index (Phi) is 3.04. The number of anilines is 1. The Morgan fingerprint density at radius 1 is 1.33 bits per heavy atom. The first kappa shape index (κ1) is 12.0. The van der Waals surface area contributed by atoms with E-state index in [-0.39, 0.29) is 12.1 Å². The zero-order valence-corrected chi connectivity index (χ0v) is 10.9. The smallest absolute Gasteiger partial charge is 0.111 e. The third-order valence-corrected chi connectivity index (χ3v) is 4.51. The van der Waals surface area contributed by atoms with Gasteiger partial charge in [-0.3, -0.25) is 0 Å². The van der Waals surface area contributed by atoms with E-state index in [1.165, 1.54) is 5.56 Å². The molecule has 1 aliphatic heterocycles. The number of benzene rings is 1. The van der Waals surface area contributed by atoms with Gasteiger partial charge in [-0.1, -0.05) is 31.0 Å². The summed E-state index contributed by atoms with van der Waals surface area (Å²) in [5, 5.41) is 14.5. The number of para-hydroxylation sites is 1. The summed E-state index contributed by atoms with van der Waals surface area (Å²) >= 11 is 0. The van der Waals surface area contributed by atoms with Crippen LogP contribution < -0.4 is 5.32 Å². The number of rotatable bonds is 2. The van der Waals surface area contributed by atoms with Gasteiger partial charge in [0.25, 0.3) is 0 Å². The van der Waals surface area contributed by atoms with E-state index in [0.717, 1.165) is 37.8 Å². The molecule has 3 heteroatoms. The van der Waals surface area contributed by atoms with Gasteiger partial charge in [0.2, 0.25) is 0 Å². The van der Waals surface area contributed by atoms with Gasteiger partial charge in [0, 0.05) is 12.8 Å². The predicted octanol–water partition coefficient (Wildman–Crippen LogP) is 2.34. The van der Waals surface area contributed by atoms with Crippen molar-refractivity contribution in [3.8, 4) is 0 Å². The molecule has 2 aliphatic rings. The summed E-state index contributed by atoms with van der Waals surface area (Å²) in [6, 6.07) is 8.40. The van der Waals surface area contributed by atoms with Gasteiger partial charge in [0.05, 0.1) is 12.1 Å². The summed E-state index contributed by atoms with van der Waals surface area (Å²) in [6.45, 7) is 0. The molecule has 0 saturated heterocycles. The minimum Gasteiger partial charge on any atom is -0.385 e. The first-order chi connectivity index (χ1) is 8.74. The number of methoxy groups -OCH3 is 1. The van der Waals surface area contributed by atoms with Gasteiger partial charge in [0.15, 0.2) is 0 Å². The van der Waals surface area contributed by atoms with Gasteiger partial charge < -0.3 is 15.2 Å². The molecule has 18 heavy (non-hydrogen) atoms. The van der Waals surface area contributed by atoms with E-state index >= 15 is 0 Å². The zero-order valence-electron chi connectivity index (χ0n) is 10.9. The van der Waals surface area contributed by atoms with Gasteiger partial charge in [-0.15, -0.1) is 0 Å². The highest BCUT2D eigenvalue weighted by molar-refractivity contribution is 5.57. The summed E-state index contributed by atoms with van der Waals surface area (Å²) < 4.78 is 5.53. The van der Waals surface area contributed by atoms with E-state index in [0.29, 0.717) is 0 Å². The number of ether oxygens (including phenoxy) is 1. The molecule has 3 rings (SSSR count). The molecule has 98 valence electrons. The summed E-state index contributed by atoms with van der Waals surface area (Å²) in [4.78, 5) is 0. The second-order valence-electron chi connectivity index (χ2n) is 5.52. The van der Waals surface area contributed by atoms with E-state index in [2.05, 4.69) is 23.5 Å². The van der Waals surface area contributed by atoms with Crippen molar-refractivity contribution in [1.29, 1.82) is 0 Å². The quantitative estimate of drug-likeness (QED) is 0.843. The summed E-state index contributed by atoms with van der Waals surface area (Å²) in [5.74, 6) is 0. The Hall–Kier alpha value is -1.06. The monoisotopic (exact) mass is 247 g/mol. The van der Waals surface area contributed by atoms with E-state index in [9.17, 15) is 5.11 Å². The van der Waals surface area contributed by atoms with Crippen LogP contribution in [0.15, 0.2) is 24.3 Å². The topological polar surface area (TPSA) is 41.5 Å². The van der Waals surface area contributed by atoms with Crippen molar-refractivity contribution < 1.29 is 9.84 Å². The molecule has 1 heterocycles. The van der Waals surface area contributed by atoms with Crippen molar-refractivity contribution in [3.63, 3.8) is 0 Å². The number of fused-ring (bicyclic) bond motifs is 1.